The Morgan fingerprint density at radius 1 is 1.00 bits per heavy atom. The highest BCUT2D eigenvalue weighted by molar-refractivity contribution is 5.84. The SMILES string of the molecule is CC(C(=O)O)C(C)C(=O)NCCN(C(C)C)C(C)C. The topological polar surface area (TPSA) is 69.6 Å². The average molecular weight is 272 g/mol. The van der Waals surface area contributed by atoms with Gasteiger partial charge in [0.25, 0.3) is 0 Å². The van der Waals surface area contributed by atoms with E-state index in [1.54, 1.807) is 13.8 Å². The molecule has 0 radical (unpaired) electrons. The third kappa shape index (κ3) is 6.05. The van der Waals surface area contributed by atoms with Gasteiger partial charge < -0.3 is 10.4 Å². The molecule has 2 atom stereocenters. The summed E-state index contributed by atoms with van der Waals surface area (Å²) in [7, 11) is 0. The molecule has 5 heteroatoms. The quantitative estimate of drug-likeness (QED) is 0.704. The van der Waals surface area contributed by atoms with Crippen LogP contribution in [-0.4, -0.2) is 47.1 Å². The molecule has 0 aromatic rings. The molecule has 1 amide bonds. The fraction of sp³-hybridized carbons (Fsp3) is 0.857. The van der Waals surface area contributed by atoms with Crippen LogP contribution in [-0.2, 0) is 9.59 Å². The molecule has 0 saturated carbocycles. The Morgan fingerprint density at radius 2 is 1.47 bits per heavy atom. The van der Waals surface area contributed by atoms with Crippen LogP contribution >= 0.6 is 0 Å². The van der Waals surface area contributed by atoms with E-state index in [-0.39, 0.29) is 5.91 Å². The van der Waals surface area contributed by atoms with Crippen molar-refractivity contribution in [1.29, 1.82) is 0 Å². The number of nitrogens with zero attached hydrogens (tertiary/aromatic N) is 1. The van der Waals surface area contributed by atoms with E-state index in [0.29, 0.717) is 18.6 Å². The minimum Gasteiger partial charge on any atom is -0.481 e. The van der Waals surface area contributed by atoms with Crippen molar-refractivity contribution < 1.29 is 14.7 Å². The van der Waals surface area contributed by atoms with Crippen LogP contribution in [0.15, 0.2) is 0 Å². The number of hydrogen-bond donors (Lipinski definition) is 2. The fourth-order valence-electron chi connectivity index (χ4n) is 2.02. The van der Waals surface area contributed by atoms with Crippen LogP contribution < -0.4 is 5.32 Å². The number of aliphatic carboxylic acids is 1. The summed E-state index contributed by atoms with van der Waals surface area (Å²) >= 11 is 0. The molecule has 2 unspecified atom stereocenters. The van der Waals surface area contributed by atoms with E-state index in [1.165, 1.54) is 0 Å². The predicted octanol–water partition coefficient (Wildman–Crippen LogP) is 1.58. The second-order valence-electron chi connectivity index (χ2n) is 5.63. The van der Waals surface area contributed by atoms with Gasteiger partial charge in [-0.2, -0.15) is 0 Å². The molecule has 0 fully saturated rings. The first kappa shape index (κ1) is 17.9. The van der Waals surface area contributed by atoms with Crippen LogP contribution in [0.1, 0.15) is 41.5 Å². The molecule has 5 nitrogen and oxygen atoms in total. The van der Waals surface area contributed by atoms with E-state index in [4.69, 9.17) is 5.11 Å². The number of nitrogens with one attached hydrogen (secondary N) is 1. The average Bonchev–Trinajstić information content (AvgIpc) is 2.31. The van der Waals surface area contributed by atoms with Crippen molar-refractivity contribution in [3.63, 3.8) is 0 Å². The third-order valence-corrected chi connectivity index (χ3v) is 3.55. The van der Waals surface area contributed by atoms with E-state index in [1.807, 2.05) is 0 Å². The Labute approximate surface area is 116 Å². The van der Waals surface area contributed by atoms with Gasteiger partial charge >= 0.3 is 5.97 Å². The number of carbonyl (C=O) groups excluding carboxylic acids is 1. The van der Waals surface area contributed by atoms with Gasteiger partial charge in [-0.05, 0) is 27.7 Å². The van der Waals surface area contributed by atoms with Crippen LogP contribution in [0.4, 0.5) is 0 Å². The maximum atomic E-state index is 11.8. The molecule has 0 bridgehead atoms. The molecular weight excluding hydrogens is 244 g/mol. The molecule has 2 N–H and O–H groups in total. The minimum atomic E-state index is -0.936. The van der Waals surface area contributed by atoms with E-state index >= 15 is 0 Å². The Balaban J connectivity index is 4.20. The summed E-state index contributed by atoms with van der Waals surface area (Å²) in [5.41, 5.74) is 0. The van der Waals surface area contributed by atoms with E-state index in [0.717, 1.165) is 6.54 Å². The molecule has 19 heavy (non-hydrogen) atoms. The number of hydrogen-bond acceptors (Lipinski definition) is 3. The van der Waals surface area contributed by atoms with Crippen LogP contribution in [0, 0.1) is 11.8 Å². The van der Waals surface area contributed by atoms with Gasteiger partial charge in [0, 0.05) is 31.1 Å². The zero-order chi connectivity index (χ0) is 15.2. The lowest BCUT2D eigenvalue weighted by Crippen LogP contribution is -2.44. The van der Waals surface area contributed by atoms with Crippen LogP contribution in [0.25, 0.3) is 0 Å². The highest BCUT2D eigenvalue weighted by atomic mass is 16.4. The number of rotatable bonds is 8. The first-order valence-corrected chi connectivity index (χ1v) is 6.94. The number of carbonyl (C=O) groups is 2. The van der Waals surface area contributed by atoms with Crippen molar-refractivity contribution in [2.45, 2.75) is 53.6 Å². The van der Waals surface area contributed by atoms with Crippen molar-refractivity contribution in [3.05, 3.63) is 0 Å². The molecule has 0 aliphatic carbocycles. The molecule has 0 aliphatic heterocycles. The molecule has 112 valence electrons. The number of carboxylic acids is 1. The molecule has 0 heterocycles. The summed E-state index contributed by atoms with van der Waals surface area (Å²) in [5.74, 6) is -2.30. The molecule has 0 aromatic carbocycles. The van der Waals surface area contributed by atoms with Gasteiger partial charge in [-0.25, -0.2) is 0 Å². The van der Waals surface area contributed by atoms with E-state index in [2.05, 4.69) is 37.9 Å². The lowest BCUT2D eigenvalue weighted by molar-refractivity contribution is -0.146. The largest absolute Gasteiger partial charge is 0.481 e. The van der Waals surface area contributed by atoms with Gasteiger partial charge in [0.15, 0.2) is 0 Å². The van der Waals surface area contributed by atoms with Gasteiger partial charge in [0.1, 0.15) is 0 Å². The van der Waals surface area contributed by atoms with E-state index < -0.39 is 17.8 Å². The van der Waals surface area contributed by atoms with Gasteiger partial charge in [-0.1, -0.05) is 13.8 Å². The van der Waals surface area contributed by atoms with Crippen molar-refractivity contribution >= 4 is 11.9 Å². The Bertz CT molecular complexity index is 295. The van der Waals surface area contributed by atoms with Gasteiger partial charge in [-0.3, -0.25) is 14.5 Å². The molecule has 0 spiro atoms. The lowest BCUT2D eigenvalue weighted by Gasteiger charge is -2.30. The number of carboxylic acid groups (broad SMARTS) is 1. The Kier molecular flexibility index (Phi) is 7.68. The molecule has 0 aliphatic rings. The summed E-state index contributed by atoms with van der Waals surface area (Å²) in [6.45, 7) is 13.0. The first-order valence-electron chi connectivity index (χ1n) is 6.94. The van der Waals surface area contributed by atoms with Gasteiger partial charge in [0.05, 0.1) is 5.92 Å². The monoisotopic (exact) mass is 272 g/mol. The summed E-state index contributed by atoms with van der Waals surface area (Å²) in [6.07, 6.45) is 0. The summed E-state index contributed by atoms with van der Waals surface area (Å²) < 4.78 is 0. The van der Waals surface area contributed by atoms with Crippen molar-refractivity contribution in [1.82, 2.24) is 10.2 Å². The summed E-state index contributed by atoms with van der Waals surface area (Å²) in [6, 6.07) is 0.847. The maximum Gasteiger partial charge on any atom is 0.307 e. The molecular formula is C14H28N2O3. The third-order valence-electron chi connectivity index (χ3n) is 3.55. The summed E-state index contributed by atoms with van der Waals surface area (Å²) in [5, 5.41) is 11.7. The Hall–Kier alpha value is -1.10. The Morgan fingerprint density at radius 3 is 1.84 bits per heavy atom. The molecule has 0 aromatic heterocycles. The van der Waals surface area contributed by atoms with Crippen molar-refractivity contribution in [2.24, 2.45) is 11.8 Å². The highest BCUT2D eigenvalue weighted by Crippen LogP contribution is 2.11. The van der Waals surface area contributed by atoms with E-state index in [9.17, 15) is 9.59 Å². The second kappa shape index (κ2) is 8.15. The maximum absolute atomic E-state index is 11.8. The van der Waals surface area contributed by atoms with Gasteiger partial charge in [-0.15, -0.1) is 0 Å². The zero-order valence-electron chi connectivity index (χ0n) is 12.9. The minimum absolute atomic E-state index is 0.192. The normalized spacial score (nSPS) is 14.8. The van der Waals surface area contributed by atoms with Crippen LogP contribution in [0.5, 0.6) is 0 Å². The highest BCUT2D eigenvalue weighted by Gasteiger charge is 2.25. The smallest absolute Gasteiger partial charge is 0.307 e. The van der Waals surface area contributed by atoms with Crippen LogP contribution in [0.2, 0.25) is 0 Å². The first-order chi connectivity index (χ1) is 8.68. The molecule has 0 saturated heterocycles. The predicted molar refractivity (Wildman–Crippen MR) is 76.0 cm³/mol. The summed E-state index contributed by atoms with van der Waals surface area (Å²) in [4.78, 5) is 24.9. The standard InChI is InChI=1S/C14H28N2O3/c1-9(2)16(10(3)4)8-7-15-13(17)11(5)12(6)14(18)19/h9-12H,7-8H2,1-6H3,(H,15,17)(H,18,19). The number of amides is 1. The van der Waals surface area contributed by atoms with Crippen molar-refractivity contribution in [3.8, 4) is 0 Å². The van der Waals surface area contributed by atoms with Gasteiger partial charge in [0.2, 0.25) is 5.91 Å². The van der Waals surface area contributed by atoms with Crippen molar-refractivity contribution in [2.75, 3.05) is 13.1 Å². The fourth-order valence-corrected chi connectivity index (χ4v) is 2.02. The lowest BCUT2D eigenvalue weighted by atomic mass is 9.95. The second-order valence-corrected chi connectivity index (χ2v) is 5.63. The molecule has 0 rings (SSSR count). The zero-order valence-corrected chi connectivity index (χ0v) is 12.9. The van der Waals surface area contributed by atoms with Crippen LogP contribution in [0.3, 0.4) is 0 Å².